The van der Waals surface area contributed by atoms with Gasteiger partial charge in [-0.05, 0) is 50.1 Å². The minimum atomic E-state index is -0.217. The number of ether oxygens (including phenoxy) is 1. The minimum Gasteiger partial charge on any atom is -0.494 e. The van der Waals surface area contributed by atoms with Crippen molar-refractivity contribution < 1.29 is 14.3 Å². The molecule has 0 saturated carbocycles. The van der Waals surface area contributed by atoms with Crippen molar-refractivity contribution in [3.05, 3.63) is 51.7 Å². The van der Waals surface area contributed by atoms with E-state index in [-0.39, 0.29) is 18.4 Å². The predicted molar refractivity (Wildman–Crippen MR) is 95.7 cm³/mol. The summed E-state index contributed by atoms with van der Waals surface area (Å²) in [4.78, 5) is 25.2. The van der Waals surface area contributed by atoms with Crippen molar-refractivity contribution in [2.24, 2.45) is 0 Å². The number of carbonyl (C=O) groups excluding carboxylic acids is 2. The van der Waals surface area contributed by atoms with Gasteiger partial charge in [0.1, 0.15) is 5.75 Å². The molecule has 0 unspecified atom stereocenters. The van der Waals surface area contributed by atoms with Gasteiger partial charge in [-0.1, -0.05) is 12.1 Å². The van der Waals surface area contributed by atoms with Gasteiger partial charge in [-0.15, -0.1) is 11.3 Å². The summed E-state index contributed by atoms with van der Waals surface area (Å²) in [6, 6.07) is 11.5. The Morgan fingerprint density at radius 2 is 1.96 bits per heavy atom. The van der Waals surface area contributed by atoms with E-state index in [1.807, 2.05) is 44.2 Å². The van der Waals surface area contributed by atoms with Gasteiger partial charge in [0.2, 0.25) is 5.91 Å². The van der Waals surface area contributed by atoms with E-state index in [4.69, 9.17) is 4.74 Å². The Hall–Kier alpha value is -2.34. The summed E-state index contributed by atoms with van der Waals surface area (Å²) in [5.41, 5.74) is 1.15. The van der Waals surface area contributed by atoms with E-state index in [2.05, 4.69) is 10.6 Å². The number of aryl methyl sites for hydroxylation is 2. The fourth-order valence-corrected chi connectivity index (χ4v) is 2.85. The molecule has 2 N–H and O–H groups in total. The second kappa shape index (κ2) is 9.08. The van der Waals surface area contributed by atoms with Gasteiger partial charge in [-0.25, -0.2) is 0 Å². The zero-order valence-electron chi connectivity index (χ0n) is 13.9. The predicted octanol–water partition coefficient (Wildman–Crippen LogP) is 2.68. The maximum atomic E-state index is 11.8. The number of hydrogen-bond donors (Lipinski definition) is 2. The minimum absolute atomic E-state index is 0.0193. The SMILES string of the molecule is Cc1cccc(OCCCNC(=O)CNC(=O)c2ccc(C)s2)c1. The maximum absolute atomic E-state index is 11.8. The Labute approximate surface area is 146 Å². The van der Waals surface area contributed by atoms with Crippen molar-refractivity contribution in [1.29, 1.82) is 0 Å². The Balaban J connectivity index is 1.57. The van der Waals surface area contributed by atoms with E-state index in [0.29, 0.717) is 24.4 Å². The van der Waals surface area contributed by atoms with Crippen LogP contribution in [0.5, 0.6) is 5.75 Å². The second-order valence-electron chi connectivity index (χ2n) is 5.46. The molecule has 0 radical (unpaired) electrons. The number of hydrogen-bond acceptors (Lipinski definition) is 4. The highest BCUT2D eigenvalue weighted by atomic mass is 32.1. The normalized spacial score (nSPS) is 10.2. The van der Waals surface area contributed by atoms with Crippen LogP contribution in [0.1, 0.15) is 26.5 Å². The molecule has 1 heterocycles. The lowest BCUT2D eigenvalue weighted by Gasteiger charge is -2.08. The summed E-state index contributed by atoms with van der Waals surface area (Å²) in [5, 5.41) is 5.38. The van der Waals surface area contributed by atoms with Gasteiger partial charge in [0, 0.05) is 11.4 Å². The molecule has 0 bridgehead atoms. The first kappa shape index (κ1) is 18.0. The molecule has 2 aromatic rings. The molecular formula is C18H22N2O3S. The summed E-state index contributed by atoms with van der Waals surface area (Å²) in [7, 11) is 0. The van der Waals surface area contributed by atoms with Crippen LogP contribution >= 0.6 is 11.3 Å². The number of carbonyl (C=O) groups is 2. The van der Waals surface area contributed by atoms with Crippen molar-refractivity contribution in [3.63, 3.8) is 0 Å². The van der Waals surface area contributed by atoms with Crippen LogP contribution in [0.25, 0.3) is 0 Å². The van der Waals surface area contributed by atoms with E-state index in [0.717, 1.165) is 16.2 Å². The largest absolute Gasteiger partial charge is 0.494 e. The molecule has 0 aliphatic carbocycles. The maximum Gasteiger partial charge on any atom is 0.261 e. The van der Waals surface area contributed by atoms with E-state index in [1.165, 1.54) is 11.3 Å². The van der Waals surface area contributed by atoms with Crippen LogP contribution in [0.2, 0.25) is 0 Å². The van der Waals surface area contributed by atoms with Crippen LogP contribution in [0, 0.1) is 13.8 Å². The van der Waals surface area contributed by atoms with E-state index >= 15 is 0 Å². The smallest absolute Gasteiger partial charge is 0.261 e. The summed E-state index contributed by atoms with van der Waals surface area (Å²) >= 11 is 1.41. The highest BCUT2D eigenvalue weighted by molar-refractivity contribution is 7.13. The van der Waals surface area contributed by atoms with E-state index in [9.17, 15) is 9.59 Å². The van der Waals surface area contributed by atoms with Crippen LogP contribution in [0.4, 0.5) is 0 Å². The lowest BCUT2D eigenvalue weighted by Crippen LogP contribution is -2.37. The first-order valence-electron chi connectivity index (χ1n) is 7.85. The molecular weight excluding hydrogens is 324 g/mol. The zero-order valence-corrected chi connectivity index (χ0v) is 14.7. The van der Waals surface area contributed by atoms with Gasteiger partial charge in [0.15, 0.2) is 0 Å². The standard InChI is InChI=1S/C18H22N2O3S/c1-13-5-3-6-15(11-13)23-10-4-9-19-17(21)12-20-18(22)16-8-7-14(2)24-16/h3,5-8,11H,4,9-10,12H2,1-2H3,(H,19,21)(H,20,22). The summed E-state index contributed by atoms with van der Waals surface area (Å²) in [5.74, 6) is 0.415. The molecule has 0 saturated heterocycles. The van der Waals surface area contributed by atoms with Gasteiger partial charge in [-0.2, -0.15) is 0 Å². The lowest BCUT2D eigenvalue weighted by atomic mass is 10.2. The van der Waals surface area contributed by atoms with Crippen LogP contribution < -0.4 is 15.4 Å². The number of benzene rings is 1. The van der Waals surface area contributed by atoms with Gasteiger partial charge in [0.25, 0.3) is 5.91 Å². The number of thiophene rings is 1. The fourth-order valence-electron chi connectivity index (χ4n) is 2.06. The third-order valence-electron chi connectivity index (χ3n) is 3.28. The van der Waals surface area contributed by atoms with Crippen molar-refractivity contribution >= 4 is 23.2 Å². The van der Waals surface area contributed by atoms with Gasteiger partial charge >= 0.3 is 0 Å². The highest BCUT2D eigenvalue weighted by Crippen LogP contribution is 2.14. The molecule has 2 amide bonds. The van der Waals surface area contributed by atoms with Crippen LogP contribution in [0.15, 0.2) is 36.4 Å². The third kappa shape index (κ3) is 6.04. The molecule has 0 atom stereocenters. The molecule has 0 fully saturated rings. The van der Waals surface area contributed by atoms with Crippen molar-refractivity contribution in [1.82, 2.24) is 10.6 Å². The van der Waals surface area contributed by atoms with E-state index < -0.39 is 0 Å². The zero-order chi connectivity index (χ0) is 17.4. The van der Waals surface area contributed by atoms with Gasteiger partial charge < -0.3 is 15.4 Å². The van der Waals surface area contributed by atoms with Crippen LogP contribution in [-0.2, 0) is 4.79 Å². The van der Waals surface area contributed by atoms with Crippen molar-refractivity contribution in [2.45, 2.75) is 20.3 Å². The van der Waals surface area contributed by atoms with E-state index in [1.54, 1.807) is 6.07 Å². The molecule has 0 aliphatic rings. The quantitative estimate of drug-likeness (QED) is 0.722. The van der Waals surface area contributed by atoms with Gasteiger partial charge in [-0.3, -0.25) is 9.59 Å². The Bertz CT molecular complexity index is 697. The molecule has 128 valence electrons. The first-order chi connectivity index (χ1) is 11.5. The Kier molecular flexibility index (Phi) is 6.81. The van der Waals surface area contributed by atoms with Crippen molar-refractivity contribution in [2.75, 3.05) is 19.7 Å². The summed E-state index contributed by atoms with van der Waals surface area (Å²) < 4.78 is 5.61. The van der Waals surface area contributed by atoms with Crippen LogP contribution in [-0.4, -0.2) is 31.5 Å². The molecule has 2 rings (SSSR count). The molecule has 24 heavy (non-hydrogen) atoms. The molecule has 0 aliphatic heterocycles. The third-order valence-corrected chi connectivity index (χ3v) is 4.27. The second-order valence-corrected chi connectivity index (χ2v) is 6.75. The van der Waals surface area contributed by atoms with Gasteiger partial charge in [0.05, 0.1) is 18.0 Å². The molecule has 1 aromatic heterocycles. The molecule has 1 aromatic carbocycles. The first-order valence-corrected chi connectivity index (χ1v) is 8.67. The van der Waals surface area contributed by atoms with Crippen LogP contribution in [0.3, 0.4) is 0 Å². The summed E-state index contributed by atoms with van der Waals surface area (Å²) in [6.45, 7) is 4.98. The molecule has 5 nitrogen and oxygen atoms in total. The molecule has 6 heteroatoms. The Morgan fingerprint density at radius 3 is 2.67 bits per heavy atom. The highest BCUT2D eigenvalue weighted by Gasteiger charge is 2.09. The fraction of sp³-hybridized carbons (Fsp3) is 0.333. The number of nitrogens with one attached hydrogen (secondary N) is 2. The number of rotatable bonds is 8. The topological polar surface area (TPSA) is 67.4 Å². The lowest BCUT2D eigenvalue weighted by molar-refractivity contribution is -0.120. The Morgan fingerprint density at radius 1 is 1.12 bits per heavy atom. The molecule has 0 spiro atoms. The summed E-state index contributed by atoms with van der Waals surface area (Å²) in [6.07, 6.45) is 0.706. The monoisotopic (exact) mass is 346 g/mol. The number of amides is 2. The average Bonchev–Trinajstić information content (AvgIpc) is 2.99. The van der Waals surface area contributed by atoms with Crippen molar-refractivity contribution in [3.8, 4) is 5.75 Å². The average molecular weight is 346 g/mol.